The maximum atomic E-state index is 5.21. The van der Waals surface area contributed by atoms with Crippen molar-refractivity contribution in [2.75, 3.05) is 0 Å². The number of rotatable bonds is 4. The van der Waals surface area contributed by atoms with Crippen molar-refractivity contribution in [3.63, 3.8) is 0 Å². The Morgan fingerprint density at radius 3 is 2.33 bits per heavy atom. The average Bonchev–Trinajstić information content (AvgIpc) is 2.24. The van der Waals surface area contributed by atoms with Gasteiger partial charge in [0.1, 0.15) is 0 Å². The molecule has 0 heterocycles. The van der Waals surface area contributed by atoms with Gasteiger partial charge in [-0.2, -0.15) is 0 Å². The summed E-state index contributed by atoms with van der Waals surface area (Å²) in [5, 5.41) is 7.70. The summed E-state index contributed by atoms with van der Waals surface area (Å²) in [7, 11) is 0. The summed E-state index contributed by atoms with van der Waals surface area (Å²) in [5.74, 6) is 3.00. The molecule has 0 atom stereocenters. The fourth-order valence-corrected chi connectivity index (χ4v) is 6.42. The first kappa shape index (κ1) is 14.5. The first-order valence-corrected chi connectivity index (χ1v) is 11.1. The SMILES string of the molecule is C[CH2][Ge]([C]#C/C=N/NC(N)=S)([CH2]C)[CH2]C. The molecule has 0 aliphatic heterocycles. The molecule has 0 aliphatic rings. The fourth-order valence-electron chi connectivity index (χ4n) is 1.33. The number of thiocarbonyl (C=S) groups is 1. The van der Waals surface area contributed by atoms with E-state index in [0.717, 1.165) is 0 Å². The second kappa shape index (κ2) is 7.72. The molecule has 0 saturated heterocycles. The normalized spacial score (nSPS) is 10.9. The molecule has 15 heavy (non-hydrogen) atoms. The van der Waals surface area contributed by atoms with Crippen LogP contribution in [-0.4, -0.2) is 24.6 Å². The molecule has 0 rings (SSSR count). The van der Waals surface area contributed by atoms with Crippen molar-refractivity contribution in [2.24, 2.45) is 10.8 Å². The fraction of sp³-hybridized carbons (Fsp3) is 0.600. The topological polar surface area (TPSA) is 50.4 Å². The van der Waals surface area contributed by atoms with Crippen molar-refractivity contribution >= 4 is 36.8 Å². The van der Waals surface area contributed by atoms with Crippen molar-refractivity contribution in [2.45, 2.75) is 36.5 Å². The summed E-state index contributed by atoms with van der Waals surface area (Å²) in [6, 6.07) is 0. The van der Waals surface area contributed by atoms with Crippen LogP contribution in [0.25, 0.3) is 0 Å². The van der Waals surface area contributed by atoms with Crippen molar-refractivity contribution in [3.8, 4) is 10.7 Å². The summed E-state index contributed by atoms with van der Waals surface area (Å²) in [4.78, 5) is 0. The van der Waals surface area contributed by atoms with Crippen LogP contribution in [0.1, 0.15) is 20.8 Å². The molecule has 3 nitrogen and oxygen atoms in total. The molecule has 0 fully saturated rings. The molecule has 5 heteroatoms. The van der Waals surface area contributed by atoms with E-state index in [-0.39, 0.29) is 5.11 Å². The van der Waals surface area contributed by atoms with Crippen molar-refractivity contribution in [1.82, 2.24) is 5.43 Å². The van der Waals surface area contributed by atoms with Crippen LogP contribution in [-0.2, 0) is 0 Å². The van der Waals surface area contributed by atoms with Crippen LogP contribution in [0.2, 0.25) is 15.8 Å². The van der Waals surface area contributed by atoms with Gasteiger partial charge in [0.15, 0.2) is 0 Å². The van der Waals surface area contributed by atoms with Gasteiger partial charge in [0.05, 0.1) is 0 Å². The summed E-state index contributed by atoms with van der Waals surface area (Å²) in [6.45, 7) is 6.73. The minimum absolute atomic E-state index is 0.169. The van der Waals surface area contributed by atoms with E-state index >= 15 is 0 Å². The molecule has 0 spiro atoms. The van der Waals surface area contributed by atoms with Crippen LogP contribution < -0.4 is 11.2 Å². The minimum atomic E-state index is -1.85. The molecule has 0 radical (unpaired) electrons. The van der Waals surface area contributed by atoms with Crippen molar-refractivity contribution in [1.29, 1.82) is 0 Å². The standard InChI is InChI=1S/C10H19GeN3S/c1-4-11(5-2,6-3)8-7-9-13-14-10(12)15/h9H,4-6H2,1-3H3,(H3,12,14,15)/b13-9+. The quantitative estimate of drug-likeness (QED) is 0.273. The van der Waals surface area contributed by atoms with E-state index in [1.54, 1.807) is 6.21 Å². The van der Waals surface area contributed by atoms with Gasteiger partial charge in [-0.25, -0.2) is 0 Å². The molecule has 84 valence electrons. The third kappa shape index (κ3) is 5.80. The molecule has 3 N–H and O–H groups in total. The molecule has 0 saturated carbocycles. The molecule has 0 aromatic rings. The summed E-state index contributed by atoms with van der Waals surface area (Å²) in [6.07, 6.45) is 1.54. The van der Waals surface area contributed by atoms with Crippen LogP contribution in [0.4, 0.5) is 0 Å². The Balaban J connectivity index is 4.35. The van der Waals surface area contributed by atoms with E-state index in [1.165, 1.54) is 15.8 Å². The van der Waals surface area contributed by atoms with Gasteiger partial charge in [-0.1, -0.05) is 0 Å². The molecule has 0 aromatic carbocycles. The van der Waals surface area contributed by atoms with E-state index in [2.05, 4.69) is 54.2 Å². The molecule has 0 unspecified atom stereocenters. The van der Waals surface area contributed by atoms with Crippen LogP contribution in [0.3, 0.4) is 0 Å². The van der Waals surface area contributed by atoms with E-state index in [9.17, 15) is 0 Å². The zero-order valence-electron chi connectivity index (χ0n) is 9.63. The van der Waals surface area contributed by atoms with E-state index in [1.807, 2.05) is 0 Å². The molecular formula is C10H19GeN3S. The summed E-state index contributed by atoms with van der Waals surface area (Å²) < 4.78 is 3.42. The van der Waals surface area contributed by atoms with Crippen LogP contribution in [0.15, 0.2) is 5.10 Å². The second-order valence-corrected chi connectivity index (χ2v) is 14.1. The molecule has 0 aliphatic carbocycles. The number of nitrogens with two attached hydrogens (primary N) is 1. The van der Waals surface area contributed by atoms with E-state index in [0.29, 0.717) is 0 Å². The van der Waals surface area contributed by atoms with Crippen LogP contribution >= 0.6 is 12.2 Å². The summed E-state index contributed by atoms with van der Waals surface area (Å²) >= 11 is 2.75. The second-order valence-electron chi connectivity index (χ2n) is 3.34. The molecule has 0 amide bonds. The first-order chi connectivity index (χ1) is 7.10. The Morgan fingerprint density at radius 1 is 1.40 bits per heavy atom. The number of nitrogens with one attached hydrogen (secondary N) is 1. The zero-order chi connectivity index (χ0) is 11.7. The van der Waals surface area contributed by atoms with Crippen molar-refractivity contribution < 1.29 is 0 Å². The Bertz CT molecular complexity index is 279. The molecule has 0 bridgehead atoms. The van der Waals surface area contributed by atoms with E-state index < -0.39 is 13.3 Å². The third-order valence-corrected chi connectivity index (χ3v) is 12.7. The van der Waals surface area contributed by atoms with Gasteiger partial charge in [0, 0.05) is 0 Å². The molecule has 0 aromatic heterocycles. The first-order valence-electron chi connectivity index (χ1n) is 5.20. The zero-order valence-corrected chi connectivity index (χ0v) is 12.5. The van der Waals surface area contributed by atoms with Gasteiger partial charge >= 0.3 is 100 Å². The van der Waals surface area contributed by atoms with Gasteiger partial charge in [-0.3, -0.25) is 0 Å². The Hall–Kier alpha value is -0.537. The van der Waals surface area contributed by atoms with Crippen molar-refractivity contribution in [3.05, 3.63) is 0 Å². The Kier molecular flexibility index (Phi) is 7.44. The van der Waals surface area contributed by atoms with Gasteiger partial charge in [-0.15, -0.1) is 0 Å². The van der Waals surface area contributed by atoms with E-state index in [4.69, 9.17) is 5.73 Å². The number of hydrazone groups is 1. The molecular weight excluding hydrogens is 267 g/mol. The van der Waals surface area contributed by atoms with Gasteiger partial charge < -0.3 is 0 Å². The third-order valence-electron chi connectivity index (χ3n) is 2.67. The maximum absolute atomic E-state index is 5.21. The van der Waals surface area contributed by atoms with Crippen LogP contribution in [0.5, 0.6) is 0 Å². The average molecular weight is 286 g/mol. The predicted octanol–water partition coefficient (Wildman–Crippen LogP) is 1.86. The monoisotopic (exact) mass is 287 g/mol. The number of hydrogen-bond acceptors (Lipinski definition) is 2. The summed E-state index contributed by atoms with van der Waals surface area (Å²) in [5.41, 5.74) is 7.69. The Labute approximate surface area is 100 Å². The Morgan fingerprint density at radius 2 is 1.93 bits per heavy atom. The number of nitrogens with zero attached hydrogens (tertiary/aromatic N) is 1. The van der Waals surface area contributed by atoms with Gasteiger partial charge in [0.2, 0.25) is 0 Å². The number of hydrogen-bond donors (Lipinski definition) is 2. The van der Waals surface area contributed by atoms with Gasteiger partial charge in [-0.05, 0) is 0 Å². The van der Waals surface area contributed by atoms with Crippen LogP contribution in [0, 0.1) is 10.7 Å². The van der Waals surface area contributed by atoms with Gasteiger partial charge in [0.25, 0.3) is 0 Å². The predicted molar refractivity (Wildman–Crippen MR) is 73.4 cm³/mol.